The highest BCUT2D eigenvalue weighted by molar-refractivity contribution is 5.72. The topological polar surface area (TPSA) is 88.3 Å². The zero-order valence-corrected chi connectivity index (χ0v) is 8.64. The molecule has 0 spiro atoms. The van der Waals surface area contributed by atoms with Gasteiger partial charge in [-0.3, -0.25) is 0 Å². The van der Waals surface area contributed by atoms with E-state index < -0.39 is 17.8 Å². The van der Waals surface area contributed by atoms with E-state index in [1.54, 1.807) is 13.8 Å². The largest absolute Gasteiger partial charge is 0.462 e. The second-order valence-electron chi connectivity index (χ2n) is 3.61. The normalized spacial score (nSPS) is 12.1. The number of hydrogen-bond acceptors (Lipinski definition) is 3. The molecular formula is C8H14N2O4. The summed E-state index contributed by atoms with van der Waals surface area (Å²) in [7, 11) is 0. The summed E-state index contributed by atoms with van der Waals surface area (Å²) in [6, 6.07) is 0. The Hall–Kier alpha value is -1.46. The highest BCUT2D eigenvalue weighted by atomic mass is 16.6. The maximum Gasteiger partial charge on any atom is 0.453 e. The minimum atomic E-state index is -1.52. The first kappa shape index (κ1) is 12.5. The maximum absolute atomic E-state index is 10.9. The Balaban J connectivity index is 4.26. The molecular weight excluding hydrogens is 188 g/mol. The van der Waals surface area contributed by atoms with Gasteiger partial charge in [-0.2, -0.15) is 0 Å². The smallest absolute Gasteiger partial charge is 0.453 e. The van der Waals surface area contributed by atoms with Crippen LogP contribution in [0.3, 0.4) is 0 Å². The molecule has 0 aliphatic rings. The van der Waals surface area contributed by atoms with Crippen molar-refractivity contribution < 1.29 is 19.4 Å². The summed E-state index contributed by atoms with van der Waals surface area (Å²) >= 11 is 0. The summed E-state index contributed by atoms with van der Waals surface area (Å²) in [6.07, 6.45) is -2.52. The average Bonchev–Trinajstić information content (AvgIpc) is 1.99. The summed E-state index contributed by atoms with van der Waals surface area (Å²) < 4.78 is 4.89. The first-order chi connectivity index (χ1) is 6.25. The van der Waals surface area contributed by atoms with E-state index in [4.69, 9.17) is 9.84 Å². The SMILES string of the molecule is CC(C)C(C)(C)OC(=O)N=NC(=O)O. The molecule has 0 rings (SSSR count). The van der Waals surface area contributed by atoms with E-state index in [1.807, 2.05) is 13.8 Å². The molecule has 2 amide bonds. The average molecular weight is 202 g/mol. The van der Waals surface area contributed by atoms with Gasteiger partial charge in [-0.05, 0) is 19.8 Å². The highest BCUT2D eigenvalue weighted by Gasteiger charge is 2.26. The second-order valence-corrected chi connectivity index (χ2v) is 3.61. The summed E-state index contributed by atoms with van der Waals surface area (Å²) in [6.45, 7) is 7.18. The van der Waals surface area contributed by atoms with Crippen molar-refractivity contribution in [1.82, 2.24) is 0 Å². The molecule has 0 aromatic rings. The van der Waals surface area contributed by atoms with E-state index in [-0.39, 0.29) is 5.92 Å². The third kappa shape index (κ3) is 4.54. The Morgan fingerprint density at radius 1 is 1.29 bits per heavy atom. The Morgan fingerprint density at radius 2 is 1.79 bits per heavy atom. The molecule has 0 aromatic carbocycles. The lowest BCUT2D eigenvalue weighted by Gasteiger charge is -2.27. The molecule has 0 heterocycles. The lowest BCUT2D eigenvalue weighted by atomic mass is 9.95. The quantitative estimate of drug-likeness (QED) is 0.697. The van der Waals surface area contributed by atoms with Crippen LogP contribution in [0.15, 0.2) is 10.2 Å². The monoisotopic (exact) mass is 202 g/mol. The minimum Gasteiger partial charge on any atom is -0.462 e. The Morgan fingerprint density at radius 3 is 2.14 bits per heavy atom. The van der Waals surface area contributed by atoms with Gasteiger partial charge < -0.3 is 9.84 Å². The number of nitrogens with zero attached hydrogens (tertiary/aromatic N) is 2. The summed E-state index contributed by atoms with van der Waals surface area (Å²) in [5.41, 5.74) is -0.686. The fraction of sp³-hybridized carbons (Fsp3) is 0.750. The molecule has 14 heavy (non-hydrogen) atoms. The van der Waals surface area contributed by atoms with Crippen LogP contribution < -0.4 is 0 Å². The van der Waals surface area contributed by atoms with Crippen molar-refractivity contribution in [1.29, 1.82) is 0 Å². The predicted octanol–water partition coefficient (Wildman–Crippen LogP) is 2.69. The van der Waals surface area contributed by atoms with Crippen LogP contribution >= 0.6 is 0 Å². The number of rotatable bonds is 2. The molecule has 0 fully saturated rings. The Labute approximate surface area is 82.0 Å². The fourth-order valence-electron chi connectivity index (χ4n) is 0.447. The molecule has 80 valence electrons. The van der Waals surface area contributed by atoms with Crippen molar-refractivity contribution >= 4 is 12.2 Å². The number of carbonyl (C=O) groups is 2. The summed E-state index contributed by atoms with van der Waals surface area (Å²) in [5.74, 6) is 0.103. The molecule has 0 saturated heterocycles. The molecule has 0 aliphatic heterocycles. The molecule has 0 aromatic heterocycles. The maximum atomic E-state index is 10.9. The van der Waals surface area contributed by atoms with Gasteiger partial charge >= 0.3 is 12.2 Å². The fourth-order valence-corrected chi connectivity index (χ4v) is 0.447. The van der Waals surface area contributed by atoms with Crippen LogP contribution in [0.2, 0.25) is 0 Å². The number of azo groups is 1. The van der Waals surface area contributed by atoms with Gasteiger partial charge in [0.15, 0.2) is 0 Å². The van der Waals surface area contributed by atoms with Crippen molar-refractivity contribution in [3.63, 3.8) is 0 Å². The van der Waals surface area contributed by atoms with Crippen molar-refractivity contribution in [2.24, 2.45) is 16.1 Å². The predicted molar refractivity (Wildman–Crippen MR) is 48.3 cm³/mol. The van der Waals surface area contributed by atoms with Crippen LogP contribution in [0.1, 0.15) is 27.7 Å². The molecule has 6 heteroatoms. The van der Waals surface area contributed by atoms with Gasteiger partial charge in [-0.1, -0.05) is 24.1 Å². The van der Waals surface area contributed by atoms with Crippen molar-refractivity contribution in [2.75, 3.05) is 0 Å². The van der Waals surface area contributed by atoms with Crippen molar-refractivity contribution in [3.8, 4) is 0 Å². The molecule has 0 radical (unpaired) electrons. The first-order valence-corrected chi connectivity index (χ1v) is 4.13. The Bertz CT molecular complexity index is 258. The van der Waals surface area contributed by atoms with Crippen LogP contribution in [0.4, 0.5) is 9.59 Å². The summed E-state index contributed by atoms with van der Waals surface area (Å²) in [5, 5.41) is 13.6. The van der Waals surface area contributed by atoms with Gasteiger partial charge in [0.05, 0.1) is 0 Å². The van der Waals surface area contributed by atoms with Crippen LogP contribution in [0.25, 0.3) is 0 Å². The molecule has 0 aliphatic carbocycles. The second kappa shape index (κ2) is 4.69. The lowest BCUT2D eigenvalue weighted by Crippen LogP contribution is -2.32. The van der Waals surface area contributed by atoms with E-state index >= 15 is 0 Å². The molecule has 0 bridgehead atoms. The number of ether oxygens (including phenoxy) is 1. The van der Waals surface area contributed by atoms with Crippen LogP contribution in [-0.4, -0.2) is 22.9 Å². The number of carboxylic acid groups (broad SMARTS) is 1. The summed E-state index contributed by atoms with van der Waals surface area (Å²) in [4.78, 5) is 20.9. The van der Waals surface area contributed by atoms with E-state index in [0.717, 1.165) is 0 Å². The van der Waals surface area contributed by atoms with E-state index in [9.17, 15) is 9.59 Å². The highest BCUT2D eigenvalue weighted by Crippen LogP contribution is 2.20. The zero-order chi connectivity index (χ0) is 11.4. The van der Waals surface area contributed by atoms with Crippen LogP contribution in [-0.2, 0) is 4.74 Å². The number of amides is 2. The van der Waals surface area contributed by atoms with Gasteiger partial charge in [0.2, 0.25) is 0 Å². The molecule has 1 N–H and O–H groups in total. The van der Waals surface area contributed by atoms with E-state index in [0.29, 0.717) is 0 Å². The third-order valence-corrected chi connectivity index (χ3v) is 1.96. The number of carbonyl (C=O) groups excluding carboxylic acids is 1. The Kier molecular flexibility index (Phi) is 4.20. The molecule has 0 unspecified atom stereocenters. The van der Waals surface area contributed by atoms with E-state index in [1.165, 1.54) is 0 Å². The standard InChI is InChI=1S/C8H14N2O4/c1-5(2)8(3,4)14-7(13)10-9-6(11)12/h5H,1-4H3,(H,11,12). The zero-order valence-electron chi connectivity index (χ0n) is 8.64. The minimum absolute atomic E-state index is 0.103. The lowest BCUT2D eigenvalue weighted by molar-refractivity contribution is 0.00985. The molecule has 0 atom stereocenters. The van der Waals surface area contributed by atoms with Gasteiger partial charge in [0.1, 0.15) is 5.60 Å². The van der Waals surface area contributed by atoms with Gasteiger partial charge in [-0.25, -0.2) is 9.59 Å². The van der Waals surface area contributed by atoms with Gasteiger partial charge in [0.25, 0.3) is 0 Å². The van der Waals surface area contributed by atoms with E-state index in [2.05, 4.69) is 10.2 Å². The van der Waals surface area contributed by atoms with Gasteiger partial charge in [-0.15, -0.1) is 0 Å². The third-order valence-electron chi connectivity index (χ3n) is 1.96. The molecule has 0 saturated carbocycles. The van der Waals surface area contributed by atoms with Crippen LogP contribution in [0.5, 0.6) is 0 Å². The van der Waals surface area contributed by atoms with Crippen LogP contribution in [0, 0.1) is 5.92 Å². The van der Waals surface area contributed by atoms with Crippen molar-refractivity contribution in [2.45, 2.75) is 33.3 Å². The molecule has 6 nitrogen and oxygen atoms in total. The number of hydrogen-bond donors (Lipinski definition) is 1. The van der Waals surface area contributed by atoms with Gasteiger partial charge in [0, 0.05) is 0 Å². The first-order valence-electron chi connectivity index (χ1n) is 4.13. The van der Waals surface area contributed by atoms with Crippen molar-refractivity contribution in [3.05, 3.63) is 0 Å².